The molecule has 10 aromatic carbocycles. The second kappa shape index (κ2) is 16.1. The molecule has 0 unspecified atom stereocenters. The molecule has 0 radical (unpaired) electrons. The van der Waals surface area contributed by atoms with Crippen LogP contribution in [0.5, 0.6) is 0 Å². The highest BCUT2D eigenvalue weighted by molar-refractivity contribution is 6.00. The zero-order valence-electron chi connectivity index (χ0n) is 36.4. The van der Waals surface area contributed by atoms with Gasteiger partial charge in [-0.25, -0.2) is 0 Å². The van der Waals surface area contributed by atoms with Gasteiger partial charge in [0, 0.05) is 27.6 Å². The third-order valence-corrected chi connectivity index (χ3v) is 14.4. The van der Waals surface area contributed by atoms with E-state index in [1.54, 1.807) is 0 Å². The second-order valence-corrected chi connectivity index (χ2v) is 18.2. The molecule has 0 fully saturated rings. The fraction of sp³-hybridized carbons (Fsp3) is 0.0938. The van der Waals surface area contributed by atoms with Crippen molar-refractivity contribution in [1.29, 1.82) is 0 Å². The zero-order valence-corrected chi connectivity index (χ0v) is 36.4. The average Bonchev–Trinajstić information content (AvgIpc) is 3.78. The van der Waals surface area contributed by atoms with Gasteiger partial charge in [-0.15, -0.1) is 0 Å². The number of rotatable bonds is 11. The van der Waals surface area contributed by atoms with E-state index in [-0.39, 0.29) is 10.8 Å². The van der Waals surface area contributed by atoms with Crippen molar-refractivity contribution in [2.45, 2.75) is 36.5 Å². The summed E-state index contributed by atoms with van der Waals surface area (Å²) in [5, 5.41) is 2.45. The molecule has 0 atom stereocenters. The van der Waals surface area contributed by atoms with Crippen molar-refractivity contribution in [1.82, 2.24) is 0 Å². The Morgan fingerprint density at radius 2 is 0.631 bits per heavy atom. The van der Waals surface area contributed by atoms with E-state index in [2.05, 4.69) is 254 Å². The summed E-state index contributed by atoms with van der Waals surface area (Å²) in [6.07, 6.45) is 3.57. The fourth-order valence-corrected chi connectivity index (χ4v) is 11.7. The molecule has 0 amide bonds. The van der Waals surface area contributed by atoms with E-state index < -0.39 is 0 Å². The van der Waals surface area contributed by atoms with Gasteiger partial charge in [0.05, 0.1) is 5.69 Å². The Hall–Kier alpha value is -7.74. The summed E-state index contributed by atoms with van der Waals surface area (Å²) < 4.78 is 0. The van der Waals surface area contributed by atoms with E-state index in [9.17, 15) is 0 Å². The maximum Gasteiger partial charge on any atom is 0.0540 e. The Balaban J connectivity index is 1.10. The van der Waals surface area contributed by atoms with E-state index in [1.165, 1.54) is 83.2 Å². The van der Waals surface area contributed by atoms with E-state index in [0.29, 0.717) is 0 Å². The lowest BCUT2D eigenvalue weighted by molar-refractivity contribution is 0.520. The van der Waals surface area contributed by atoms with Crippen molar-refractivity contribution >= 4 is 27.8 Å². The SMILES string of the molecule is c1ccc(CC2(Cc3ccccc3)c3ccccc3-c3ccc(N(c4ccc5c(c4)C(Cc4ccccc4)(Cc4ccccc4)c4ccccc4-5)c4cccc5ccccc45)cc32)cc1. The van der Waals surface area contributed by atoms with E-state index in [0.717, 1.165) is 37.1 Å². The van der Waals surface area contributed by atoms with Gasteiger partial charge in [0.1, 0.15) is 0 Å². The molecular weight excluding hydrogens is 783 g/mol. The van der Waals surface area contributed by atoms with Crippen LogP contribution < -0.4 is 4.90 Å². The van der Waals surface area contributed by atoms with Crippen molar-refractivity contribution in [2.24, 2.45) is 0 Å². The summed E-state index contributed by atoms with van der Waals surface area (Å²) in [4.78, 5) is 2.56. The van der Waals surface area contributed by atoms with E-state index in [1.807, 2.05) is 0 Å². The van der Waals surface area contributed by atoms with Gasteiger partial charge in [0.2, 0.25) is 0 Å². The fourth-order valence-electron chi connectivity index (χ4n) is 11.7. The van der Waals surface area contributed by atoms with Crippen molar-refractivity contribution in [3.63, 3.8) is 0 Å². The second-order valence-electron chi connectivity index (χ2n) is 18.2. The van der Waals surface area contributed by atoms with Gasteiger partial charge < -0.3 is 4.90 Å². The van der Waals surface area contributed by atoms with Crippen LogP contribution in [0.25, 0.3) is 33.0 Å². The molecule has 65 heavy (non-hydrogen) atoms. The molecule has 0 saturated heterocycles. The number of nitrogens with zero attached hydrogens (tertiary/aromatic N) is 1. The lowest BCUT2D eigenvalue weighted by Crippen LogP contribution is -2.31. The average molecular weight is 832 g/mol. The summed E-state index contributed by atoms with van der Waals surface area (Å²) in [7, 11) is 0. The van der Waals surface area contributed by atoms with Gasteiger partial charge in [0.25, 0.3) is 0 Å². The first-order valence-electron chi connectivity index (χ1n) is 23.1. The summed E-state index contributed by atoms with van der Waals surface area (Å²) in [6.45, 7) is 0. The Bertz CT molecular complexity index is 3040. The monoisotopic (exact) mass is 831 g/mol. The van der Waals surface area contributed by atoms with Crippen molar-refractivity contribution < 1.29 is 0 Å². The molecule has 12 rings (SSSR count). The molecule has 0 bridgehead atoms. The summed E-state index contributed by atoms with van der Waals surface area (Å²) in [5.41, 5.74) is 19.1. The van der Waals surface area contributed by atoms with Crippen molar-refractivity contribution in [3.8, 4) is 22.3 Å². The van der Waals surface area contributed by atoms with Gasteiger partial charge >= 0.3 is 0 Å². The van der Waals surface area contributed by atoms with Crippen LogP contribution >= 0.6 is 0 Å². The maximum atomic E-state index is 2.56. The molecule has 0 saturated carbocycles. The van der Waals surface area contributed by atoms with Gasteiger partial charge in [-0.05, 0) is 128 Å². The number of hydrogen-bond donors (Lipinski definition) is 0. The molecule has 2 aliphatic rings. The number of benzene rings is 10. The first-order valence-corrected chi connectivity index (χ1v) is 23.1. The Labute approximate surface area is 383 Å². The number of hydrogen-bond acceptors (Lipinski definition) is 1. The van der Waals surface area contributed by atoms with Gasteiger partial charge in [-0.2, -0.15) is 0 Å². The van der Waals surface area contributed by atoms with Crippen LogP contribution in [-0.4, -0.2) is 0 Å². The largest absolute Gasteiger partial charge is 0.310 e. The number of fused-ring (bicyclic) bond motifs is 7. The zero-order chi connectivity index (χ0) is 43.2. The van der Waals surface area contributed by atoms with Crippen LogP contribution in [0.1, 0.15) is 44.5 Å². The van der Waals surface area contributed by atoms with Crippen LogP contribution in [0, 0.1) is 0 Å². The third kappa shape index (κ3) is 6.70. The first-order chi connectivity index (χ1) is 32.2. The minimum atomic E-state index is -0.296. The van der Waals surface area contributed by atoms with Crippen LogP contribution in [-0.2, 0) is 36.5 Å². The van der Waals surface area contributed by atoms with Gasteiger partial charge in [0.15, 0.2) is 0 Å². The molecular formula is C64H49N. The summed E-state index contributed by atoms with van der Waals surface area (Å²) >= 11 is 0. The quantitative estimate of drug-likeness (QED) is 0.125. The van der Waals surface area contributed by atoms with Gasteiger partial charge in [-0.3, -0.25) is 0 Å². The number of anilines is 3. The highest BCUT2D eigenvalue weighted by Crippen LogP contribution is 2.56. The van der Waals surface area contributed by atoms with E-state index >= 15 is 0 Å². The molecule has 1 heteroatoms. The summed E-state index contributed by atoms with van der Waals surface area (Å²) in [6, 6.07) is 93.1. The predicted molar refractivity (Wildman–Crippen MR) is 272 cm³/mol. The topological polar surface area (TPSA) is 3.24 Å². The van der Waals surface area contributed by atoms with Crippen LogP contribution in [0.15, 0.2) is 249 Å². The molecule has 0 N–H and O–H groups in total. The molecule has 310 valence electrons. The smallest absolute Gasteiger partial charge is 0.0540 e. The molecule has 2 aliphatic carbocycles. The normalized spacial score (nSPS) is 13.7. The van der Waals surface area contributed by atoms with Crippen LogP contribution in [0.2, 0.25) is 0 Å². The van der Waals surface area contributed by atoms with Crippen molar-refractivity contribution in [3.05, 3.63) is 293 Å². The predicted octanol–water partition coefficient (Wildman–Crippen LogP) is 15.8. The van der Waals surface area contributed by atoms with Crippen molar-refractivity contribution in [2.75, 3.05) is 4.90 Å². The Kier molecular flexibility index (Phi) is 9.64. The first kappa shape index (κ1) is 38.9. The minimum Gasteiger partial charge on any atom is -0.310 e. The lowest BCUT2D eigenvalue weighted by atomic mass is 9.69. The van der Waals surface area contributed by atoms with E-state index in [4.69, 9.17) is 0 Å². The highest BCUT2D eigenvalue weighted by atomic mass is 15.1. The maximum absolute atomic E-state index is 2.56. The molecule has 0 heterocycles. The summed E-state index contributed by atoms with van der Waals surface area (Å²) in [5.74, 6) is 0. The Morgan fingerprint density at radius 3 is 1.08 bits per heavy atom. The molecule has 0 aliphatic heterocycles. The molecule has 10 aromatic rings. The standard InChI is InChI=1S/C64H49N/c1-5-20-46(21-6-1)42-63(43-47-22-7-2-8-23-47)58-33-17-15-31-54(58)56-38-36-51(40-60(56)63)65(62-35-19-29-50-28-13-14-30-53(50)62)52-37-39-57-55-32-16-18-34-59(55)64(61(57)41-52,44-48-24-9-3-10-25-48)45-49-26-11-4-12-27-49/h1-41H,42-45H2. The molecule has 0 spiro atoms. The van der Waals surface area contributed by atoms with Gasteiger partial charge in [-0.1, -0.05) is 218 Å². The molecule has 1 nitrogen and oxygen atoms in total. The van der Waals surface area contributed by atoms with Crippen LogP contribution in [0.4, 0.5) is 17.1 Å². The molecule has 0 aromatic heterocycles. The van der Waals surface area contributed by atoms with Crippen LogP contribution in [0.3, 0.4) is 0 Å². The minimum absolute atomic E-state index is 0.296. The lowest BCUT2D eigenvalue weighted by Gasteiger charge is -2.35. The third-order valence-electron chi connectivity index (χ3n) is 14.4. The highest BCUT2D eigenvalue weighted by Gasteiger charge is 2.45. The Morgan fingerprint density at radius 1 is 0.277 bits per heavy atom.